The van der Waals surface area contributed by atoms with Crippen molar-refractivity contribution in [3.05, 3.63) is 60.7 Å². The molecule has 0 unspecified atom stereocenters. The number of aryl methyl sites for hydroxylation is 1. The van der Waals surface area contributed by atoms with Crippen molar-refractivity contribution in [1.29, 1.82) is 0 Å². The summed E-state index contributed by atoms with van der Waals surface area (Å²) < 4.78 is 62.7. The molecule has 0 radical (unpaired) electrons. The fourth-order valence-electron chi connectivity index (χ4n) is 3.74. The molecule has 0 N–H and O–H groups in total. The SMILES string of the molecule is CCn1cnc2c(-c3ccc(F)c(-c4cn5cc(C(F)(F)F)nc5cc4OC)c3)cnnc21. The van der Waals surface area contributed by atoms with E-state index < -0.39 is 17.7 Å². The predicted octanol–water partition coefficient (Wildman–Crippen LogP) is 4.99. The van der Waals surface area contributed by atoms with Crippen molar-refractivity contribution in [2.24, 2.45) is 0 Å². The fourth-order valence-corrected chi connectivity index (χ4v) is 3.74. The highest BCUT2D eigenvalue weighted by molar-refractivity contribution is 5.90. The van der Waals surface area contributed by atoms with Crippen LogP contribution in [0.15, 0.2) is 49.2 Å². The summed E-state index contributed by atoms with van der Waals surface area (Å²) >= 11 is 0. The van der Waals surface area contributed by atoms with Crippen LogP contribution in [0, 0.1) is 5.82 Å². The molecule has 0 spiro atoms. The number of hydrogen-bond acceptors (Lipinski definition) is 5. The Morgan fingerprint density at radius 2 is 1.88 bits per heavy atom. The molecule has 4 aromatic heterocycles. The van der Waals surface area contributed by atoms with Crippen LogP contribution in [0.2, 0.25) is 0 Å². The van der Waals surface area contributed by atoms with Gasteiger partial charge in [0.25, 0.3) is 0 Å². The average Bonchev–Trinajstić information content (AvgIpc) is 3.42. The maximum Gasteiger partial charge on any atom is 0.434 e. The van der Waals surface area contributed by atoms with E-state index in [0.29, 0.717) is 28.8 Å². The van der Waals surface area contributed by atoms with Gasteiger partial charge in [-0.25, -0.2) is 14.4 Å². The highest BCUT2D eigenvalue weighted by Gasteiger charge is 2.34. The zero-order valence-corrected chi connectivity index (χ0v) is 17.4. The molecule has 0 saturated carbocycles. The van der Waals surface area contributed by atoms with E-state index in [1.54, 1.807) is 18.5 Å². The Morgan fingerprint density at radius 1 is 1.06 bits per heavy atom. The molecule has 1 aromatic carbocycles. The number of ether oxygens (including phenoxy) is 1. The molecule has 0 fully saturated rings. The quantitative estimate of drug-likeness (QED) is 0.356. The van der Waals surface area contributed by atoms with Gasteiger partial charge in [0, 0.05) is 41.7 Å². The van der Waals surface area contributed by atoms with E-state index in [1.165, 1.54) is 36.0 Å². The molecule has 0 saturated heterocycles. The maximum absolute atomic E-state index is 14.9. The Kier molecular flexibility index (Phi) is 4.76. The molecule has 0 amide bonds. The zero-order valence-electron chi connectivity index (χ0n) is 17.4. The fraction of sp³-hybridized carbons (Fsp3) is 0.182. The molecule has 0 aliphatic rings. The van der Waals surface area contributed by atoms with Gasteiger partial charge in [-0.05, 0) is 24.6 Å². The van der Waals surface area contributed by atoms with Crippen LogP contribution < -0.4 is 4.74 Å². The Bertz CT molecular complexity index is 1500. The minimum Gasteiger partial charge on any atom is -0.496 e. The normalized spacial score (nSPS) is 12.1. The monoisotopic (exact) mass is 456 g/mol. The van der Waals surface area contributed by atoms with E-state index in [0.717, 1.165) is 6.20 Å². The summed E-state index contributed by atoms with van der Waals surface area (Å²) in [4.78, 5) is 8.01. The summed E-state index contributed by atoms with van der Waals surface area (Å²) in [7, 11) is 1.36. The number of halogens is 4. The van der Waals surface area contributed by atoms with Crippen molar-refractivity contribution in [3.63, 3.8) is 0 Å². The zero-order chi connectivity index (χ0) is 23.3. The minimum atomic E-state index is -4.60. The van der Waals surface area contributed by atoms with Gasteiger partial charge in [-0.3, -0.25) is 0 Å². The first-order chi connectivity index (χ1) is 15.8. The van der Waals surface area contributed by atoms with Crippen molar-refractivity contribution >= 4 is 16.8 Å². The van der Waals surface area contributed by atoms with Gasteiger partial charge in [0.15, 0.2) is 11.3 Å². The third kappa shape index (κ3) is 3.45. The minimum absolute atomic E-state index is 0.0321. The van der Waals surface area contributed by atoms with E-state index in [4.69, 9.17) is 4.74 Å². The number of alkyl halides is 3. The molecule has 7 nitrogen and oxygen atoms in total. The second kappa shape index (κ2) is 7.54. The van der Waals surface area contributed by atoms with Gasteiger partial charge in [0.05, 0.1) is 19.6 Å². The summed E-state index contributed by atoms with van der Waals surface area (Å²) in [6.45, 7) is 2.61. The van der Waals surface area contributed by atoms with Crippen LogP contribution in [0.5, 0.6) is 5.75 Å². The lowest BCUT2D eigenvalue weighted by Crippen LogP contribution is -2.04. The topological polar surface area (TPSA) is 70.1 Å². The van der Waals surface area contributed by atoms with Crippen LogP contribution in [0.3, 0.4) is 0 Å². The van der Waals surface area contributed by atoms with Crippen molar-refractivity contribution < 1.29 is 22.3 Å². The number of imidazole rings is 2. The molecule has 168 valence electrons. The first-order valence-electron chi connectivity index (χ1n) is 9.91. The molecule has 0 aliphatic heterocycles. The van der Waals surface area contributed by atoms with E-state index >= 15 is 0 Å². The molecule has 5 aromatic rings. The third-order valence-corrected chi connectivity index (χ3v) is 5.38. The summed E-state index contributed by atoms with van der Waals surface area (Å²) in [5.74, 6) is -0.379. The first kappa shape index (κ1) is 20.9. The highest BCUT2D eigenvalue weighted by atomic mass is 19.4. The van der Waals surface area contributed by atoms with Gasteiger partial charge in [0.1, 0.15) is 22.7 Å². The molecule has 0 bridgehead atoms. The molecular weight excluding hydrogens is 440 g/mol. The predicted molar refractivity (Wildman–Crippen MR) is 112 cm³/mol. The van der Waals surface area contributed by atoms with Crippen molar-refractivity contribution in [1.82, 2.24) is 29.1 Å². The summed E-state index contributed by atoms with van der Waals surface area (Å²) in [5.41, 5.74) is 1.87. The summed E-state index contributed by atoms with van der Waals surface area (Å²) in [6.07, 6.45) is 0.810. The number of benzene rings is 1. The summed E-state index contributed by atoms with van der Waals surface area (Å²) in [5, 5.41) is 8.18. The number of methoxy groups -OCH3 is 1. The molecule has 33 heavy (non-hydrogen) atoms. The molecule has 5 rings (SSSR count). The average molecular weight is 456 g/mol. The van der Waals surface area contributed by atoms with Crippen LogP contribution >= 0.6 is 0 Å². The Labute approximate surface area is 184 Å². The number of fused-ring (bicyclic) bond motifs is 2. The van der Waals surface area contributed by atoms with Crippen LogP contribution in [0.25, 0.3) is 39.1 Å². The number of nitrogens with zero attached hydrogens (tertiary/aromatic N) is 6. The summed E-state index contributed by atoms with van der Waals surface area (Å²) in [6, 6.07) is 5.80. The van der Waals surface area contributed by atoms with Gasteiger partial charge in [-0.15, -0.1) is 5.10 Å². The van der Waals surface area contributed by atoms with E-state index in [9.17, 15) is 17.6 Å². The Hall–Kier alpha value is -4.02. The van der Waals surface area contributed by atoms with Crippen molar-refractivity contribution in [3.8, 4) is 28.0 Å². The van der Waals surface area contributed by atoms with Crippen molar-refractivity contribution in [2.45, 2.75) is 19.6 Å². The Morgan fingerprint density at radius 3 is 2.61 bits per heavy atom. The van der Waals surface area contributed by atoms with Crippen LogP contribution in [0.1, 0.15) is 12.6 Å². The Balaban J connectivity index is 1.69. The van der Waals surface area contributed by atoms with Gasteiger partial charge >= 0.3 is 6.18 Å². The number of aromatic nitrogens is 6. The first-order valence-corrected chi connectivity index (χ1v) is 9.91. The van der Waals surface area contributed by atoms with Gasteiger partial charge in [0.2, 0.25) is 0 Å². The van der Waals surface area contributed by atoms with E-state index in [-0.39, 0.29) is 22.5 Å². The third-order valence-electron chi connectivity index (χ3n) is 5.38. The smallest absolute Gasteiger partial charge is 0.434 e. The van der Waals surface area contributed by atoms with Crippen LogP contribution in [-0.4, -0.2) is 36.2 Å². The van der Waals surface area contributed by atoms with Gasteiger partial charge in [-0.1, -0.05) is 6.07 Å². The molecule has 0 aliphatic carbocycles. The second-order valence-electron chi connectivity index (χ2n) is 7.30. The molecule has 4 heterocycles. The molecular formula is C22H16F4N6O. The maximum atomic E-state index is 14.9. The van der Waals surface area contributed by atoms with Crippen LogP contribution in [0.4, 0.5) is 17.6 Å². The van der Waals surface area contributed by atoms with Gasteiger partial charge in [-0.2, -0.15) is 18.3 Å². The van der Waals surface area contributed by atoms with E-state index in [1.807, 2.05) is 11.5 Å². The number of pyridine rings is 1. The lowest BCUT2D eigenvalue weighted by Gasteiger charge is -2.12. The standard InChI is InChI=1S/C22H16F4N6O/c1-3-31-11-27-20-14(8-28-30-21(20)31)12-4-5-16(23)13(6-12)15-9-32-10-18(22(24,25)26)29-19(32)7-17(15)33-2/h4-11H,3H2,1-2H3. The van der Waals surface area contributed by atoms with Gasteiger partial charge < -0.3 is 13.7 Å². The lowest BCUT2D eigenvalue weighted by molar-refractivity contribution is -0.140. The number of hydrogen-bond donors (Lipinski definition) is 0. The van der Waals surface area contributed by atoms with E-state index in [2.05, 4.69) is 20.2 Å². The highest BCUT2D eigenvalue weighted by Crippen LogP contribution is 2.37. The second-order valence-corrected chi connectivity index (χ2v) is 7.30. The molecule has 0 atom stereocenters. The number of rotatable bonds is 4. The van der Waals surface area contributed by atoms with Crippen LogP contribution in [-0.2, 0) is 12.7 Å². The van der Waals surface area contributed by atoms with Crippen molar-refractivity contribution in [2.75, 3.05) is 7.11 Å². The lowest BCUT2D eigenvalue weighted by atomic mass is 9.99. The largest absolute Gasteiger partial charge is 0.496 e. The molecule has 11 heteroatoms.